The number of H-pyrrole nitrogens is 1. The normalized spacial score (nSPS) is 11.5. The van der Waals surface area contributed by atoms with Gasteiger partial charge in [-0.25, -0.2) is 9.50 Å². The summed E-state index contributed by atoms with van der Waals surface area (Å²) in [5.74, 6) is -0.248. The van der Waals surface area contributed by atoms with Crippen molar-refractivity contribution >= 4 is 39.2 Å². The molecule has 26 heavy (non-hydrogen) atoms. The van der Waals surface area contributed by atoms with Gasteiger partial charge in [0.15, 0.2) is 0 Å². The third-order valence-corrected chi connectivity index (χ3v) is 4.84. The number of amides is 1. The van der Waals surface area contributed by atoms with Crippen LogP contribution < -0.4 is 10.9 Å². The zero-order valence-corrected chi connectivity index (χ0v) is 14.5. The Labute approximate surface area is 152 Å². The van der Waals surface area contributed by atoms with Crippen LogP contribution in [0.1, 0.15) is 11.3 Å². The molecule has 1 amide bonds. The Morgan fingerprint density at radius 1 is 1.35 bits per heavy atom. The topological polar surface area (TPSA) is 92.1 Å². The summed E-state index contributed by atoms with van der Waals surface area (Å²) in [5.41, 5.74) is 1.99. The molecular formula is C18H15N5O2S. The highest BCUT2D eigenvalue weighted by Crippen LogP contribution is 2.13. The Morgan fingerprint density at radius 2 is 2.23 bits per heavy atom. The van der Waals surface area contributed by atoms with Crippen molar-refractivity contribution in [3.05, 3.63) is 69.7 Å². The molecule has 0 radical (unpaired) electrons. The molecule has 2 N–H and O–H groups in total. The van der Waals surface area contributed by atoms with Gasteiger partial charge in [-0.05, 0) is 23.6 Å². The van der Waals surface area contributed by atoms with E-state index in [1.54, 1.807) is 10.6 Å². The van der Waals surface area contributed by atoms with Crippen LogP contribution in [0.15, 0.2) is 52.9 Å². The molecule has 8 heteroatoms. The first-order valence-corrected chi connectivity index (χ1v) is 8.93. The maximum atomic E-state index is 12.1. The number of hydrogen-bond donors (Lipinski definition) is 2. The lowest BCUT2D eigenvalue weighted by Gasteiger charge is -2.01. The fourth-order valence-corrected chi connectivity index (χ4v) is 3.50. The average Bonchev–Trinajstić information content (AvgIpc) is 3.25. The minimum atomic E-state index is -0.248. The van der Waals surface area contributed by atoms with Gasteiger partial charge in [0.25, 0.3) is 5.56 Å². The summed E-state index contributed by atoms with van der Waals surface area (Å²) >= 11 is 1.51. The van der Waals surface area contributed by atoms with E-state index in [9.17, 15) is 9.59 Å². The molecule has 3 heterocycles. The fraction of sp³-hybridized carbons (Fsp3) is 0.111. The highest BCUT2D eigenvalue weighted by molar-refractivity contribution is 7.15. The monoisotopic (exact) mass is 365 g/mol. The lowest BCUT2D eigenvalue weighted by atomic mass is 10.1. The van der Waals surface area contributed by atoms with Gasteiger partial charge in [0, 0.05) is 35.5 Å². The zero-order valence-electron chi connectivity index (χ0n) is 13.7. The molecule has 1 aromatic carbocycles. The predicted molar refractivity (Wildman–Crippen MR) is 101 cm³/mol. The second-order valence-corrected chi connectivity index (χ2v) is 6.53. The van der Waals surface area contributed by atoms with Crippen LogP contribution in [0.25, 0.3) is 21.9 Å². The summed E-state index contributed by atoms with van der Waals surface area (Å²) in [6, 6.07) is 9.28. The van der Waals surface area contributed by atoms with E-state index in [0.717, 1.165) is 21.6 Å². The number of rotatable bonds is 5. The van der Waals surface area contributed by atoms with Crippen molar-refractivity contribution in [2.45, 2.75) is 6.42 Å². The van der Waals surface area contributed by atoms with Crippen molar-refractivity contribution in [3.8, 4) is 0 Å². The van der Waals surface area contributed by atoms with Gasteiger partial charge < -0.3 is 10.3 Å². The molecule has 130 valence electrons. The largest absolute Gasteiger partial charge is 0.352 e. The van der Waals surface area contributed by atoms with E-state index in [1.807, 2.05) is 29.6 Å². The van der Waals surface area contributed by atoms with Crippen LogP contribution in [0.3, 0.4) is 0 Å². The van der Waals surface area contributed by atoms with Crippen LogP contribution in [0, 0.1) is 0 Å². The standard InChI is InChI=1S/C18H15N5O2S/c24-16(19-8-7-14-10-26-18-20-11-21-23(14)18)6-5-13-9-12-3-1-2-4-15(12)22-17(13)25/h1-6,9-11H,7-8H2,(H,19,24)(H,22,25)/b6-5+. The molecule has 0 saturated carbocycles. The molecule has 3 aromatic heterocycles. The number of carbonyl (C=O) groups excluding carboxylic acids is 1. The van der Waals surface area contributed by atoms with E-state index in [1.165, 1.54) is 29.8 Å². The Morgan fingerprint density at radius 3 is 3.15 bits per heavy atom. The molecule has 0 atom stereocenters. The van der Waals surface area contributed by atoms with E-state index >= 15 is 0 Å². The molecule has 0 unspecified atom stereocenters. The number of hydrogen-bond acceptors (Lipinski definition) is 5. The van der Waals surface area contributed by atoms with Crippen LogP contribution >= 0.6 is 11.3 Å². The second-order valence-electron chi connectivity index (χ2n) is 5.70. The molecule has 0 fully saturated rings. The number of para-hydroxylation sites is 1. The summed E-state index contributed by atoms with van der Waals surface area (Å²) in [6.07, 6.45) is 5.07. The van der Waals surface area contributed by atoms with Crippen molar-refractivity contribution in [1.82, 2.24) is 24.9 Å². The van der Waals surface area contributed by atoms with Crippen LogP contribution in [0.4, 0.5) is 0 Å². The van der Waals surface area contributed by atoms with E-state index in [4.69, 9.17) is 0 Å². The van der Waals surface area contributed by atoms with Gasteiger partial charge in [-0.2, -0.15) is 5.10 Å². The van der Waals surface area contributed by atoms with E-state index in [0.29, 0.717) is 18.5 Å². The maximum Gasteiger partial charge on any atom is 0.255 e. The molecule has 4 rings (SSSR count). The number of pyridine rings is 1. The number of carbonyl (C=O) groups is 1. The lowest BCUT2D eigenvalue weighted by Crippen LogP contribution is -2.24. The van der Waals surface area contributed by atoms with Crippen molar-refractivity contribution < 1.29 is 4.79 Å². The summed E-state index contributed by atoms with van der Waals surface area (Å²) < 4.78 is 1.77. The molecule has 0 aliphatic heterocycles. The van der Waals surface area contributed by atoms with Crippen LogP contribution in [0.2, 0.25) is 0 Å². The lowest BCUT2D eigenvalue weighted by molar-refractivity contribution is -0.116. The van der Waals surface area contributed by atoms with E-state index < -0.39 is 0 Å². The van der Waals surface area contributed by atoms with Gasteiger partial charge in [0.2, 0.25) is 10.9 Å². The first-order valence-electron chi connectivity index (χ1n) is 8.05. The number of aromatic nitrogens is 4. The molecule has 4 aromatic rings. The molecule has 0 aliphatic carbocycles. The third kappa shape index (κ3) is 3.27. The predicted octanol–water partition coefficient (Wildman–Crippen LogP) is 2.00. The van der Waals surface area contributed by atoms with Crippen LogP contribution in [0.5, 0.6) is 0 Å². The fourth-order valence-electron chi connectivity index (χ4n) is 2.67. The van der Waals surface area contributed by atoms with Crippen molar-refractivity contribution in [2.24, 2.45) is 0 Å². The number of nitrogens with one attached hydrogen (secondary N) is 2. The highest BCUT2D eigenvalue weighted by atomic mass is 32.1. The van der Waals surface area contributed by atoms with Gasteiger partial charge in [0.1, 0.15) is 6.33 Å². The zero-order chi connectivity index (χ0) is 17.9. The summed E-state index contributed by atoms with van der Waals surface area (Å²) in [7, 11) is 0. The van der Waals surface area contributed by atoms with Gasteiger partial charge in [-0.15, -0.1) is 11.3 Å². The quantitative estimate of drug-likeness (QED) is 0.529. The minimum Gasteiger partial charge on any atom is -0.352 e. The minimum absolute atomic E-state index is 0.223. The van der Waals surface area contributed by atoms with Crippen molar-refractivity contribution in [1.29, 1.82) is 0 Å². The van der Waals surface area contributed by atoms with Gasteiger partial charge >= 0.3 is 0 Å². The third-order valence-electron chi connectivity index (χ3n) is 3.97. The molecular weight excluding hydrogens is 350 g/mol. The molecule has 7 nitrogen and oxygen atoms in total. The smallest absolute Gasteiger partial charge is 0.255 e. The first kappa shape index (κ1) is 16.2. The summed E-state index contributed by atoms with van der Waals surface area (Å²) in [5, 5.41) is 9.84. The number of thiazole rings is 1. The average molecular weight is 365 g/mol. The summed E-state index contributed by atoms with van der Waals surface area (Å²) in [6.45, 7) is 0.475. The number of aromatic amines is 1. The number of fused-ring (bicyclic) bond motifs is 2. The van der Waals surface area contributed by atoms with Crippen LogP contribution in [-0.4, -0.2) is 32.0 Å². The van der Waals surface area contributed by atoms with Crippen molar-refractivity contribution in [3.63, 3.8) is 0 Å². The Hall–Kier alpha value is -3.26. The maximum absolute atomic E-state index is 12.1. The molecule has 0 spiro atoms. The number of benzene rings is 1. The molecule has 0 aliphatic rings. The second kappa shape index (κ2) is 6.93. The molecule has 0 saturated heterocycles. The van der Waals surface area contributed by atoms with Crippen molar-refractivity contribution in [2.75, 3.05) is 6.54 Å². The SMILES string of the molecule is O=C(/C=C/c1cc2ccccc2[nH]c1=O)NCCc1csc2ncnn12. The Balaban J connectivity index is 1.39. The summed E-state index contributed by atoms with van der Waals surface area (Å²) in [4.78, 5) is 31.8. The Bertz CT molecular complexity index is 1170. The Kier molecular flexibility index (Phi) is 4.32. The van der Waals surface area contributed by atoms with Gasteiger partial charge in [-0.3, -0.25) is 9.59 Å². The van der Waals surface area contributed by atoms with E-state index in [2.05, 4.69) is 20.4 Å². The van der Waals surface area contributed by atoms with Crippen LogP contribution in [-0.2, 0) is 11.2 Å². The van der Waals surface area contributed by atoms with Gasteiger partial charge in [-0.1, -0.05) is 18.2 Å². The molecule has 0 bridgehead atoms. The number of nitrogens with zero attached hydrogens (tertiary/aromatic N) is 3. The first-order chi connectivity index (χ1) is 12.7. The highest BCUT2D eigenvalue weighted by Gasteiger charge is 2.05. The van der Waals surface area contributed by atoms with Gasteiger partial charge in [0.05, 0.1) is 5.69 Å². The van der Waals surface area contributed by atoms with E-state index in [-0.39, 0.29) is 11.5 Å².